The van der Waals surface area contributed by atoms with Crippen LogP contribution in [0.15, 0.2) is 18.2 Å². The van der Waals surface area contributed by atoms with Gasteiger partial charge >= 0.3 is 0 Å². The maximum atomic E-state index is 9.26. The Hall–Kier alpha value is -1.53. The van der Waals surface area contributed by atoms with Crippen LogP contribution in [0.2, 0.25) is 0 Å². The van der Waals surface area contributed by atoms with Gasteiger partial charge in [0.15, 0.2) is 0 Å². The first kappa shape index (κ1) is 12.9. The molecule has 0 bridgehead atoms. The van der Waals surface area contributed by atoms with E-state index in [1.54, 1.807) is 0 Å². The Morgan fingerprint density at radius 2 is 2.17 bits per heavy atom. The van der Waals surface area contributed by atoms with Crippen LogP contribution in [0.1, 0.15) is 30.4 Å². The summed E-state index contributed by atoms with van der Waals surface area (Å²) in [6.07, 6.45) is 3.56. The van der Waals surface area contributed by atoms with Crippen molar-refractivity contribution >= 4 is 5.69 Å². The van der Waals surface area contributed by atoms with Crippen molar-refractivity contribution in [2.45, 2.75) is 32.2 Å². The largest absolute Gasteiger partial charge is 0.370 e. The number of nitrogens with zero attached hydrogens (tertiary/aromatic N) is 2. The van der Waals surface area contributed by atoms with Gasteiger partial charge in [-0.05, 0) is 57.0 Å². The molecule has 0 spiro atoms. The number of rotatable bonds is 2. The van der Waals surface area contributed by atoms with Crippen LogP contribution in [-0.2, 0) is 0 Å². The van der Waals surface area contributed by atoms with E-state index in [2.05, 4.69) is 35.5 Å². The molecule has 1 aliphatic heterocycles. The highest BCUT2D eigenvalue weighted by Crippen LogP contribution is 2.25. The number of nitrogens with one attached hydrogen (secondary N) is 1. The number of nitriles is 1. The summed E-state index contributed by atoms with van der Waals surface area (Å²) in [5.74, 6) is 0. The number of benzene rings is 1. The second-order valence-electron chi connectivity index (χ2n) is 5.08. The van der Waals surface area contributed by atoms with Gasteiger partial charge in [-0.25, -0.2) is 0 Å². The van der Waals surface area contributed by atoms with Crippen molar-refractivity contribution in [1.82, 2.24) is 5.32 Å². The first-order valence-corrected chi connectivity index (χ1v) is 6.66. The van der Waals surface area contributed by atoms with Crippen LogP contribution in [0.25, 0.3) is 0 Å². The van der Waals surface area contributed by atoms with E-state index in [1.807, 2.05) is 13.0 Å². The van der Waals surface area contributed by atoms with E-state index in [0.717, 1.165) is 36.3 Å². The van der Waals surface area contributed by atoms with Crippen LogP contribution < -0.4 is 10.2 Å². The molecule has 0 aliphatic carbocycles. The van der Waals surface area contributed by atoms with E-state index in [0.29, 0.717) is 6.04 Å². The Bertz CT molecular complexity index is 440. The monoisotopic (exact) mass is 243 g/mol. The van der Waals surface area contributed by atoms with Crippen LogP contribution in [0.3, 0.4) is 0 Å². The van der Waals surface area contributed by atoms with Crippen LogP contribution in [0, 0.1) is 18.3 Å². The number of aryl methyl sites for hydroxylation is 1. The molecule has 1 saturated heterocycles. The van der Waals surface area contributed by atoms with Crippen molar-refractivity contribution in [2.24, 2.45) is 0 Å². The Balaban J connectivity index is 2.22. The molecule has 18 heavy (non-hydrogen) atoms. The molecule has 0 amide bonds. The Morgan fingerprint density at radius 1 is 1.33 bits per heavy atom. The van der Waals surface area contributed by atoms with Crippen LogP contribution >= 0.6 is 0 Å². The lowest BCUT2D eigenvalue weighted by atomic mass is 10.0. The van der Waals surface area contributed by atoms with Crippen LogP contribution in [0.5, 0.6) is 0 Å². The van der Waals surface area contributed by atoms with E-state index in [1.165, 1.54) is 12.8 Å². The summed E-state index contributed by atoms with van der Waals surface area (Å²) < 4.78 is 0. The molecule has 0 radical (unpaired) electrons. The average molecular weight is 243 g/mol. The first-order chi connectivity index (χ1) is 8.72. The molecule has 0 saturated carbocycles. The van der Waals surface area contributed by atoms with E-state index in [9.17, 15) is 5.26 Å². The van der Waals surface area contributed by atoms with Gasteiger partial charge in [-0.15, -0.1) is 0 Å². The van der Waals surface area contributed by atoms with Gasteiger partial charge in [-0.1, -0.05) is 6.07 Å². The summed E-state index contributed by atoms with van der Waals surface area (Å²) in [4.78, 5) is 2.28. The quantitative estimate of drug-likeness (QED) is 0.867. The minimum absolute atomic E-state index is 0.537. The highest BCUT2D eigenvalue weighted by molar-refractivity contribution is 5.60. The fraction of sp³-hybridized carbons (Fsp3) is 0.533. The van der Waals surface area contributed by atoms with Crippen LogP contribution in [-0.4, -0.2) is 26.2 Å². The molecule has 3 heteroatoms. The first-order valence-electron chi connectivity index (χ1n) is 6.66. The lowest BCUT2D eigenvalue weighted by Gasteiger charge is -2.30. The molecule has 1 aromatic rings. The lowest BCUT2D eigenvalue weighted by molar-refractivity contribution is 0.566. The topological polar surface area (TPSA) is 39.1 Å². The minimum Gasteiger partial charge on any atom is -0.370 e. The average Bonchev–Trinajstić information content (AvgIpc) is 2.66. The molecule has 3 nitrogen and oxygen atoms in total. The lowest BCUT2D eigenvalue weighted by Crippen LogP contribution is -2.32. The highest BCUT2D eigenvalue weighted by Gasteiger charge is 2.19. The van der Waals surface area contributed by atoms with Gasteiger partial charge in [0.25, 0.3) is 0 Å². The Kier molecular flexibility index (Phi) is 4.22. The van der Waals surface area contributed by atoms with Crippen LogP contribution in [0.4, 0.5) is 5.69 Å². The molecule has 1 aromatic carbocycles. The van der Waals surface area contributed by atoms with Crippen molar-refractivity contribution in [1.29, 1.82) is 5.26 Å². The zero-order valence-electron chi connectivity index (χ0n) is 11.2. The van der Waals surface area contributed by atoms with E-state index in [4.69, 9.17) is 0 Å². The van der Waals surface area contributed by atoms with E-state index < -0.39 is 0 Å². The molecule has 1 fully saturated rings. The third kappa shape index (κ3) is 2.83. The molecule has 96 valence electrons. The smallest absolute Gasteiger partial charge is 0.101 e. The fourth-order valence-electron chi connectivity index (χ4n) is 2.63. The summed E-state index contributed by atoms with van der Waals surface area (Å²) in [5, 5.41) is 12.7. The number of anilines is 1. The second-order valence-corrected chi connectivity index (χ2v) is 5.08. The molecule has 1 unspecified atom stereocenters. The third-order valence-corrected chi connectivity index (χ3v) is 3.75. The van der Waals surface area contributed by atoms with Crippen molar-refractivity contribution in [3.05, 3.63) is 29.3 Å². The predicted molar refractivity (Wildman–Crippen MR) is 74.8 cm³/mol. The summed E-state index contributed by atoms with van der Waals surface area (Å²) >= 11 is 0. The van der Waals surface area contributed by atoms with Gasteiger partial charge in [0.1, 0.15) is 6.07 Å². The van der Waals surface area contributed by atoms with Gasteiger partial charge in [0.2, 0.25) is 0 Å². The van der Waals surface area contributed by atoms with Gasteiger partial charge in [-0.3, -0.25) is 0 Å². The third-order valence-electron chi connectivity index (χ3n) is 3.75. The second kappa shape index (κ2) is 5.88. The van der Waals surface area contributed by atoms with E-state index in [-0.39, 0.29) is 0 Å². The minimum atomic E-state index is 0.537. The Morgan fingerprint density at radius 3 is 2.94 bits per heavy atom. The molecular weight excluding hydrogens is 222 g/mol. The summed E-state index contributed by atoms with van der Waals surface area (Å²) in [7, 11) is 2.11. The molecule has 1 aliphatic rings. The van der Waals surface area contributed by atoms with Crippen molar-refractivity contribution in [3.63, 3.8) is 0 Å². The Labute approximate surface area is 109 Å². The molecule has 2 rings (SSSR count). The summed E-state index contributed by atoms with van der Waals surface area (Å²) in [6, 6.07) is 8.99. The molecule has 1 N–H and O–H groups in total. The van der Waals surface area contributed by atoms with Crippen molar-refractivity contribution in [3.8, 4) is 6.07 Å². The number of hydrogen-bond donors (Lipinski definition) is 1. The SMILES string of the molecule is Cc1ccc(N(C)C2CCCNCC2)c(C#N)c1. The standard InChI is InChI=1S/C15H21N3/c1-12-5-6-15(13(10-12)11-16)18(2)14-4-3-8-17-9-7-14/h5-6,10,14,17H,3-4,7-9H2,1-2H3. The number of hydrogen-bond acceptors (Lipinski definition) is 3. The van der Waals surface area contributed by atoms with Gasteiger partial charge in [-0.2, -0.15) is 5.26 Å². The van der Waals surface area contributed by atoms with E-state index >= 15 is 0 Å². The van der Waals surface area contributed by atoms with Gasteiger partial charge < -0.3 is 10.2 Å². The zero-order valence-corrected chi connectivity index (χ0v) is 11.2. The maximum Gasteiger partial charge on any atom is 0.101 e. The molecule has 1 atom stereocenters. The summed E-state index contributed by atoms with van der Waals surface area (Å²) in [5.41, 5.74) is 3.00. The maximum absolute atomic E-state index is 9.26. The molecular formula is C15H21N3. The predicted octanol–water partition coefficient (Wildman–Crippen LogP) is 2.45. The summed E-state index contributed by atoms with van der Waals surface area (Å²) in [6.45, 7) is 4.21. The normalized spacial score (nSPS) is 19.9. The van der Waals surface area contributed by atoms with Gasteiger partial charge in [0.05, 0.1) is 11.3 Å². The zero-order chi connectivity index (χ0) is 13.0. The molecule has 0 aromatic heterocycles. The molecule has 1 heterocycles. The fourth-order valence-corrected chi connectivity index (χ4v) is 2.63. The van der Waals surface area contributed by atoms with Gasteiger partial charge in [0, 0.05) is 13.1 Å². The van der Waals surface area contributed by atoms with Crippen molar-refractivity contribution < 1.29 is 0 Å². The van der Waals surface area contributed by atoms with Crippen molar-refractivity contribution in [2.75, 3.05) is 25.0 Å². The highest BCUT2D eigenvalue weighted by atomic mass is 15.1.